The maximum absolute atomic E-state index is 12.2. The molecule has 1 unspecified atom stereocenters. The molecule has 7 heteroatoms. The Labute approximate surface area is 168 Å². The first-order valence-corrected chi connectivity index (χ1v) is 9.82. The summed E-state index contributed by atoms with van der Waals surface area (Å²) in [6.45, 7) is 5.79. The molecule has 1 atom stereocenters. The smallest absolute Gasteiger partial charge is 0.317 e. The molecule has 0 saturated heterocycles. The summed E-state index contributed by atoms with van der Waals surface area (Å²) < 4.78 is 16.2. The molecule has 0 bridgehead atoms. The van der Waals surface area contributed by atoms with Crippen molar-refractivity contribution in [2.45, 2.75) is 31.8 Å². The Hall–Kier alpha value is -2.80. The summed E-state index contributed by atoms with van der Waals surface area (Å²) in [5.41, 5.74) is 3.11. The number of esters is 1. The predicted molar refractivity (Wildman–Crippen MR) is 107 cm³/mol. The normalized spacial score (nSPS) is 11.9. The minimum Gasteiger partial charge on any atom is -0.497 e. The maximum atomic E-state index is 12.2. The van der Waals surface area contributed by atoms with Crippen LogP contribution in [0.3, 0.4) is 0 Å². The molecule has 0 amide bonds. The molecule has 3 rings (SSSR count). The van der Waals surface area contributed by atoms with Gasteiger partial charge in [-0.05, 0) is 56.7 Å². The number of carbonyl (C=O) groups excluding carboxylic acids is 1. The van der Waals surface area contributed by atoms with Crippen LogP contribution in [-0.2, 0) is 9.53 Å². The lowest BCUT2D eigenvalue weighted by atomic mass is 10.2. The van der Waals surface area contributed by atoms with Gasteiger partial charge in [-0.3, -0.25) is 4.79 Å². The molecule has 146 valence electrons. The Kier molecular flexibility index (Phi) is 6.36. The van der Waals surface area contributed by atoms with Crippen LogP contribution in [0, 0.1) is 13.8 Å². The highest BCUT2D eigenvalue weighted by molar-refractivity contribution is 8.00. The van der Waals surface area contributed by atoms with E-state index < -0.39 is 6.10 Å². The number of carbonyl (C=O) groups is 1. The molecule has 0 N–H and O–H groups in total. The van der Waals surface area contributed by atoms with Crippen molar-refractivity contribution in [2.75, 3.05) is 12.9 Å². The first-order chi connectivity index (χ1) is 13.5. The van der Waals surface area contributed by atoms with Crippen molar-refractivity contribution in [1.82, 2.24) is 10.2 Å². The lowest BCUT2D eigenvalue weighted by Gasteiger charge is -2.10. The summed E-state index contributed by atoms with van der Waals surface area (Å²) >= 11 is 1.45. The SMILES string of the molecule is COc1ccc(-c2nnc(C(C)OC(=O)CSc3ccc(C)cc3C)o2)cc1. The van der Waals surface area contributed by atoms with Crippen LogP contribution >= 0.6 is 11.8 Å². The summed E-state index contributed by atoms with van der Waals surface area (Å²) in [4.78, 5) is 13.2. The van der Waals surface area contributed by atoms with Gasteiger partial charge in [0.25, 0.3) is 5.89 Å². The molecular formula is C21H22N2O4S. The fraction of sp³-hybridized carbons (Fsp3) is 0.286. The monoisotopic (exact) mass is 398 g/mol. The molecular weight excluding hydrogens is 376 g/mol. The van der Waals surface area contributed by atoms with Crippen molar-refractivity contribution in [3.63, 3.8) is 0 Å². The van der Waals surface area contributed by atoms with Gasteiger partial charge in [0, 0.05) is 10.5 Å². The lowest BCUT2D eigenvalue weighted by Crippen LogP contribution is -2.11. The number of hydrogen-bond acceptors (Lipinski definition) is 7. The zero-order valence-electron chi connectivity index (χ0n) is 16.3. The van der Waals surface area contributed by atoms with E-state index in [1.54, 1.807) is 14.0 Å². The van der Waals surface area contributed by atoms with E-state index in [2.05, 4.69) is 16.3 Å². The van der Waals surface area contributed by atoms with Crippen LogP contribution in [0.2, 0.25) is 0 Å². The molecule has 2 aromatic carbocycles. The molecule has 6 nitrogen and oxygen atoms in total. The number of aromatic nitrogens is 2. The summed E-state index contributed by atoms with van der Waals surface area (Å²) in [6.07, 6.45) is -0.619. The number of thioether (sulfide) groups is 1. The van der Waals surface area contributed by atoms with E-state index >= 15 is 0 Å². The summed E-state index contributed by atoms with van der Waals surface area (Å²) in [6, 6.07) is 13.4. The highest BCUT2D eigenvalue weighted by Gasteiger charge is 2.19. The zero-order chi connectivity index (χ0) is 20.1. The van der Waals surface area contributed by atoms with E-state index in [4.69, 9.17) is 13.9 Å². The van der Waals surface area contributed by atoms with Crippen molar-refractivity contribution >= 4 is 17.7 Å². The third kappa shape index (κ3) is 4.92. The van der Waals surface area contributed by atoms with Gasteiger partial charge in [-0.1, -0.05) is 17.7 Å². The highest BCUT2D eigenvalue weighted by atomic mass is 32.2. The van der Waals surface area contributed by atoms with Crippen LogP contribution in [0.15, 0.2) is 51.8 Å². The molecule has 0 spiro atoms. The van der Waals surface area contributed by atoms with Crippen molar-refractivity contribution in [3.8, 4) is 17.2 Å². The number of ether oxygens (including phenoxy) is 2. The molecule has 1 aromatic heterocycles. The van der Waals surface area contributed by atoms with Crippen LogP contribution in [0.1, 0.15) is 30.0 Å². The van der Waals surface area contributed by atoms with Crippen LogP contribution in [0.25, 0.3) is 11.5 Å². The third-order valence-electron chi connectivity index (χ3n) is 4.11. The van der Waals surface area contributed by atoms with E-state index in [0.29, 0.717) is 5.89 Å². The van der Waals surface area contributed by atoms with E-state index in [1.807, 2.05) is 50.2 Å². The second-order valence-corrected chi connectivity index (χ2v) is 7.38. The first-order valence-electron chi connectivity index (χ1n) is 8.83. The van der Waals surface area contributed by atoms with Crippen molar-refractivity contribution in [3.05, 3.63) is 59.5 Å². The quantitative estimate of drug-likeness (QED) is 0.420. The molecule has 0 fully saturated rings. The topological polar surface area (TPSA) is 74.5 Å². The van der Waals surface area contributed by atoms with Gasteiger partial charge in [0.05, 0.1) is 12.9 Å². The minimum atomic E-state index is -0.619. The number of benzene rings is 2. The number of hydrogen-bond donors (Lipinski definition) is 0. The Bertz CT molecular complexity index is 953. The standard InChI is InChI=1S/C21H22N2O4S/c1-13-5-10-18(14(2)11-13)28-12-19(24)26-15(3)20-22-23-21(27-20)16-6-8-17(25-4)9-7-16/h5-11,15H,12H2,1-4H3. The maximum Gasteiger partial charge on any atom is 0.317 e. The fourth-order valence-electron chi connectivity index (χ4n) is 2.63. The Morgan fingerprint density at radius 2 is 1.89 bits per heavy atom. The Morgan fingerprint density at radius 3 is 2.57 bits per heavy atom. The molecule has 3 aromatic rings. The second kappa shape index (κ2) is 8.93. The number of nitrogens with zero attached hydrogens (tertiary/aromatic N) is 2. The summed E-state index contributed by atoms with van der Waals surface area (Å²) in [5.74, 6) is 1.25. The molecule has 28 heavy (non-hydrogen) atoms. The molecule has 0 aliphatic rings. The first kappa shape index (κ1) is 19.9. The Morgan fingerprint density at radius 1 is 1.14 bits per heavy atom. The molecule has 1 heterocycles. The average molecular weight is 398 g/mol. The largest absolute Gasteiger partial charge is 0.497 e. The molecule has 0 radical (unpaired) electrons. The van der Waals surface area contributed by atoms with Crippen molar-refractivity contribution in [1.29, 1.82) is 0 Å². The predicted octanol–water partition coefficient (Wildman–Crippen LogP) is 4.76. The van der Waals surface area contributed by atoms with E-state index in [0.717, 1.165) is 21.8 Å². The van der Waals surface area contributed by atoms with Crippen molar-refractivity contribution < 1.29 is 18.7 Å². The van der Waals surface area contributed by atoms with Gasteiger partial charge in [-0.15, -0.1) is 22.0 Å². The van der Waals surface area contributed by atoms with Crippen LogP contribution in [0.4, 0.5) is 0 Å². The van der Waals surface area contributed by atoms with Gasteiger partial charge in [-0.25, -0.2) is 0 Å². The highest BCUT2D eigenvalue weighted by Crippen LogP contribution is 2.26. The number of methoxy groups -OCH3 is 1. The number of rotatable bonds is 7. The van der Waals surface area contributed by atoms with Gasteiger partial charge in [-0.2, -0.15) is 0 Å². The fourth-order valence-corrected chi connectivity index (χ4v) is 3.42. The molecule has 0 saturated carbocycles. The molecule has 0 aliphatic heterocycles. The average Bonchev–Trinajstić information content (AvgIpc) is 3.18. The van der Waals surface area contributed by atoms with Gasteiger partial charge < -0.3 is 13.9 Å². The summed E-state index contributed by atoms with van der Waals surface area (Å²) in [5, 5.41) is 8.03. The third-order valence-corrected chi connectivity index (χ3v) is 5.26. The Balaban J connectivity index is 1.57. The van der Waals surface area contributed by atoms with E-state index in [9.17, 15) is 4.79 Å². The van der Waals surface area contributed by atoms with Crippen LogP contribution in [0.5, 0.6) is 5.75 Å². The van der Waals surface area contributed by atoms with E-state index in [-0.39, 0.29) is 17.6 Å². The van der Waals surface area contributed by atoms with Gasteiger partial charge >= 0.3 is 5.97 Å². The van der Waals surface area contributed by atoms with Crippen molar-refractivity contribution in [2.24, 2.45) is 0 Å². The lowest BCUT2D eigenvalue weighted by molar-refractivity contribution is -0.146. The molecule has 0 aliphatic carbocycles. The van der Waals surface area contributed by atoms with Crippen LogP contribution < -0.4 is 4.74 Å². The minimum absolute atomic E-state index is 0.216. The van der Waals surface area contributed by atoms with E-state index in [1.165, 1.54) is 17.3 Å². The number of aryl methyl sites for hydroxylation is 2. The van der Waals surface area contributed by atoms with Gasteiger partial charge in [0.2, 0.25) is 5.89 Å². The van der Waals surface area contributed by atoms with Gasteiger partial charge in [0.15, 0.2) is 6.10 Å². The second-order valence-electron chi connectivity index (χ2n) is 6.36. The summed E-state index contributed by atoms with van der Waals surface area (Å²) in [7, 11) is 1.61. The zero-order valence-corrected chi connectivity index (χ0v) is 17.1. The van der Waals surface area contributed by atoms with Gasteiger partial charge in [0.1, 0.15) is 5.75 Å². The van der Waals surface area contributed by atoms with Crippen LogP contribution in [-0.4, -0.2) is 29.0 Å².